The fraction of sp³-hybridized carbons (Fsp3) is 0.235. The van der Waals surface area contributed by atoms with E-state index in [9.17, 15) is 5.11 Å². The van der Waals surface area contributed by atoms with E-state index >= 15 is 0 Å². The lowest BCUT2D eigenvalue weighted by molar-refractivity contribution is 0.143. The lowest BCUT2D eigenvalue weighted by atomic mass is 9.93. The molecule has 0 saturated heterocycles. The van der Waals surface area contributed by atoms with E-state index in [0.29, 0.717) is 0 Å². The van der Waals surface area contributed by atoms with Crippen molar-refractivity contribution in [3.8, 4) is 0 Å². The number of aliphatic hydroxyl groups is 1. The van der Waals surface area contributed by atoms with E-state index in [1.165, 1.54) is 5.56 Å². The number of aryl methyl sites for hydroxylation is 1. The summed E-state index contributed by atoms with van der Waals surface area (Å²) in [6.07, 6.45) is 6.52. The minimum Gasteiger partial charge on any atom is -0.388 e. The van der Waals surface area contributed by atoms with Gasteiger partial charge in [-0.05, 0) is 42.2 Å². The molecule has 4 heteroatoms. The molecular weight excluding hydrogens is 262 g/mol. The topological polar surface area (TPSA) is 58.9 Å². The summed E-state index contributed by atoms with van der Waals surface area (Å²) in [7, 11) is 0. The van der Waals surface area contributed by atoms with Crippen LogP contribution < -0.4 is 0 Å². The maximum atomic E-state index is 10.7. The van der Waals surface area contributed by atoms with Crippen molar-refractivity contribution in [2.75, 3.05) is 0 Å². The first-order valence-corrected chi connectivity index (χ1v) is 7.15. The number of aromatic nitrogens is 3. The Hall–Kier alpha value is -2.33. The molecule has 3 aromatic rings. The third kappa shape index (κ3) is 2.08. The summed E-state index contributed by atoms with van der Waals surface area (Å²) in [6.45, 7) is 0. The number of nitrogens with zero attached hydrogens (tertiary/aromatic N) is 3. The number of hydrogen-bond donors (Lipinski definition) is 1. The predicted octanol–water partition coefficient (Wildman–Crippen LogP) is 2.79. The smallest absolute Gasteiger partial charge is 0.0890 e. The molecule has 21 heavy (non-hydrogen) atoms. The molecular formula is C17H15N3O. The van der Waals surface area contributed by atoms with Gasteiger partial charge in [0, 0.05) is 30.2 Å². The van der Waals surface area contributed by atoms with Crippen molar-refractivity contribution in [3.05, 3.63) is 65.7 Å². The number of aliphatic hydroxyl groups excluding tert-OH is 1. The molecule has 0 fully saturated rings. The highest BCUT2D eigenvalue weighted by atomic mass is 16.3. The highest BCUT2D eigenvalue weighted by Crippen LogP contribution is 2.40. The Labute approximate surface area is 122 Å². The second-order valence-corrected chi connectivity index (χ2v) is 5.44. The van der Waals surface area contributed by atoms with Crippen molar-refractivity contribution < 1.29 is 5.11 Å². The van der Waals surface area contributed by atoms with Crippen molar-refractivity contribution in [1.82, 2.24) is 15.0 Å². The maximum absolute atomic E-state index is 10.7. The average Bonchev–Trinajstić information content (AvgIpc) is 2.98. The largest absolute Gasteiger partial charge is 0.388 e. The van der Waals surface area contributed by atoms with Gasteiger partial charge in [-0.2, -0.15) is 0 Å². The van der Waals surface area contributed by atoms with Gasteiger partial charge in [0.25, 0.3) is 0 Å². The van der Waals surface area contributed by atoms with E-state index in [4.69, 9.17) is 0 Å². The van der Waals surface area contributed by atoms with E-state index in [0.717, 1.165) is 35.1 Å². The summed E-state index contributed by atoms with van der Waals surface area (Å²) in [4.78, 5) is 13.0. The Morgan fingerprint density at radius 3 is 2.76 bits per heavy atom. The fourth-order valence-electron chi connectivity index (χ4n) is 3.15. The molecule has 2 atom stereocenters. The highest BCUT2D eigenvalue weighted by Gasteiger charge is 2.30. The van der Waals surface area contributed by atoms with Gasteiger partial charge in [-0.25, -0.2) is 0 Å². The van der Waals surface area contributed by atoms with Crippen LogP contribution in [0, 0.1) is 0 Å². The molecule has 0 radical (unpaired) electrons. The summed E-state index contributed by atoms with van der Waals surface area (Å²) in [6, 6.07) is 9.83. The first-order valence-electron chi connectivity index (χ1n) is 7.15. The zero-order chi connectivity index (χ0) is 14.2. The van der Waals surface area contributed by atoms with Crippen LogP contribution >= 0.6 is 0 Å². The zero-order valence-corrected chi connectivity index (χ0v) is 11.5. The molecule has 104 valence electrons. The summed E-state index contributed by atoms with van der Waals surface area (Å²) in [5, 5.41) is 10.7. The molecule has 0 aliphatic heterocycles. The lowest BCUT2D eigenvalue weighted by Crippen LogP contribution is -2.09. The first-order chi connectivity index (χ1) is 10.3. The van der Waals surface area contributed by atoms with E-state index in [1.807, 2.05) is 24.3 Å². The van der Waals surface area contributed by atoms with Crippen LogP contribution in [0.4, 0.5) is 0 Å². The van der Waals surface area contributed by atoms with E-state index in [1.54, 1.807) is 18.6 Å². The molecule has 2 aromatic heterocycles. The second kappa shape index (κ2) is 4.90. The summed E-state index contributed by atoms with van der Waals surface area (Å²) >= 11 is 0. The molecule has 4 rings (SSSR count). The Morgan fingerprint density at radius 2 is 1.86 bits per heavy atom. The Balaban J connectivity index is 1.72. The third-order valence-electron chi connectivity index (χ3n) is 4.22. The number of rotatable bonds is 2. The van der Waals surface area contributed by atoms with Crippen LogP contribution in [-0.2, 0) is 6.42 Å². The standard InChI is InChI=1S/C17H15N3O/c21-17(13-5-3-11-2-1-7-20-16(11)13)12-4-6-14-15(10-12)19-9-8-18-14/h1-2,4,6-10,13,17,21H,3,5H2. The molecule has 2 heterocycles. The quantitative estimate of drug-likeness (QED) is 0.782. The van der Waals surface area contributed by atoms with Crippen LogP contribution in [0.2, 0.25) is 0 Å². The molecule has 0 saturated carbocycles. The van der Waals surface area contributed by atoms with Crippen LogP contribution in [0.3, 0.4) is 0 Å². The predicted molar refractivity (Wildman–Crippen MR) is 79.8 cm³/mol. The van der Waals surface area contributed by atoms with Gasteiger partial charge in [-0.15, -0.1) is 0 Å². The van der Waals surface area contributed by atoms with Crippen molar-refractivity contribution in [1.29, 1.82) is 0 Å². The third-order valence-corrected chi connectivity index (χ3v) is 4.22. The van der Waals surface area contributed by atoms with E-state index in [-0.39, 0.29) is 5.92 Å². The van der Waals surface area contributed by atoms with Gasteiger partial charge >= 0.3 is 0 Å². The molecule has 0 bridgehead atoms. The van der Waals surface area contributed by atoms with Crippen molar-refractivity contribution in [2.45, 2.75) is 24.9 Å². The number of benzene rings is 1. The fourth-order valence-corrected chi connectivity index (χ4v) is 3.15. The van der Waals surface area contributed by atoms with Crippen molar-refractivity contribution in [2.24, 2.45) is 0 Å². The molecule has 0 amide bonds. The van der Waals surface area contributed by atoms with Crippen LogP contribution in [0.15, 0.2) is 48.9 Å². The van der Waals surface area contributed by atoms with Gasteiger partial charge in [0.05, 0.1) is 17.1 Å². The lowest BCUT2D eigenvalue weighted by Gasteiger charge is -2.19. The summed E-state index contributed by atoms with van der Waals surface area (Å²) < 4.78 is 0. The van der Waals surface area contributed by atoms with Crippen LogP contribution in [0.25, 0.3) is 11.0 Å². The minimum atomic E-state index is -0.549. The second-order valence-electron chi connectivity index (χ2n) is 5.44. The van der Waals surface area contributed by atoms with Gasteiger partial charge < -0.3 is 5.11 Å². The highest BCUT2D eigenvalue weighted by molar-refractivity contribution is 5.74. The summed E-state index contributed by atoms with van der Waals surface area (Å²) in [5.41, 5.74) is 4.82. The molecule has 1 aromatic carbocycles. The molecule has 4 nitrogen and oxygen atoms in total. The normalized spacial score (nSPS) is 18.6. The number of pyridine rings is 1. The van der Waals surface area contributed by atoms with Crippen LogP contribution in [-0.4, -0.2) is 20.1 Å². The number of hydrogen-bond acceptors (Lipinski definition) is 4. The molecule has 2 unspecified atom stereocenters. The SMILES string of the molecule is OC(c1ccc2nccnc2c1)C1CCc2cccnc21. The van der Waals surface area contributed by atoms with Gasteiger partial charge in [0.2, 0.25) is 0 Å². The van der Waals surface area contributed by atoms with Gasteiger partial charge in [-0.3, -0.25) is 15.0 Å². The van der Waals surface area contributed by atoms with Crippen LogP contribution in [0.5, 0.6) is 0 Å². The van der Waals surface area contributed by atoms with Gasteiger partial charge in [0.1, 0.15) is 0 Å². The molecule has 1 aliphatic rings. The molecule has 1 aliphatic carbocycles. The maximum Gasteiger partial charge on any atom is 0.0890 e. The van der Waals surface area contributed by atoms with Crippen molar-refractivity contribution in [3.63, 3.8) is 0 Å². The van der Waals surface area contributed by atoms with Gasteiger partial charge in [-0.1, -0.05) is 12.1 Å². The molecule has 1 N–H and O–H groups in total. The monoisotopic (exact) mass is 277 g/mol. The summed E-state index contributed by atoms with van der Waals surface area (Å²) in [5.74, 6) is 0.0651. The Kier molecular flexibility index (Phi) is 2.89. The Bertz CT molecular complexity index is 803. The van der Waals surface area contributed by atoms with Gasteiger partial charge in [0.15, 0.2) is 0 Å². The number of fused-ring (bicyclic) bond motifs is 2. The average molecular weight is 277 g/mol. The van der Waals surface area contributed by atoms with E-state index in [2.05, 4.69) is 21.0 Å². The molecule has 0 spiro atoms. The zero-order valence-electron chi connectivity index (χ0n) is 11.5. The minimum absolute atomic E-state index is 0.0651. The first kappa shape index (κ1) is 12.4. The van der Waals surface area contributed by atoms with E-state index < -0.39 is 6.10 Å². The van der Waals surface area contributed by atoms with Crippen LogP contribution in [0.1, 0.15) is 35.3 Å². The van der Waals surface area contributed by atoms with Crippen molar-refractivity contribution >= 4 is 11.0 Å². The Morgan fingerprint density at radius 1 is 1.00 bits per heavy atom.